The summed E-state index contributed by atoms with van der Waals surface area (Å²) in [6.45, 7) is 3.75. The van der Waals surface area contributed by atoms with Crippen LogP contribution >= 0.6 is 0 Å². The molecule has 1 aromatic heterocycles. The number of nitrogens with two attached hydrogens (primary N) is 1. The highest BCUT2D eigenvalue weighted by atomic mass is 19.1. The van der Waals surface area contributed by atoms with Crippen LogP contribution in [0.25, 0.3) is 0 Å². The van der Waals surface area contributed by atoms with Crippen molar-refractivity contribution < 1.29 is 18.7 Å². The number of rotatable bonds is 6. The van der Waals surface area contributed by atoms with Gasteiger partial charge in [-0.15, -0.1) is 0 Å². The minimum absolute atomic E-state index is 0.215. The van der Waals surface area contributed by atoms with Crippen molar-refractivity contribution >= 4 is 28.8 Å². The first-order valence-electron chi connectivity index (χ1n) is 11.2. The monoisotopic (exact) mass is 463 g/mol. The van der Waals surface area contributed by atoms with Gasteiger partial charge in [-0.25, -0.2) is 9.37 Å². The summed E-state index contributed by atoms with van der Waals surface area (Å²) in [5.41, 5.74) is 9.64. The lowest BCUT2D eigenvalue weighted by Gasteiger charge is -2.29. The number of ether oxygens (including phenoxy) is 2. The normalized spacial score (nSPS) is 17.7. The number of nitrogens with one attached hydrogen (secondary N) is 2. The van der Waals surface area contributed by atoms with Crippen molar-refractivity contribution in [3.05, 3.63) is 77.2 Å². The predicted molar refractivity (Wildman–Crippen MR) is 128 cm³/mol. The highest BCUT2D eigenvalue weighted by Gasteiger charge is 2.24. The number of amides is 1. The second-order valence-electron chi connectivity index (χ2n) is 8.27. The van der Waals surface area contributed by atoms with E-state index in [2.05, 4.69) is 32.7 Å². The fourth-order valence-corrected chi connectivity index (χ4v) is 4.29. The van der Waals surface area contributed by atoms with Crippen LogP contribution in [0.3, 0.4) is 0 Å². The van der Waals surface area contributed by atoms with Crippen molar-refractivity contribution in [1.82, 2.24) is 4.98 Å². The number of primary amides is 1. The molecule has 2 aromatic carbocycles. The maximum atomic E-state index is 14.2. The third kappa shape index (κ3) is 4.66. The molecule has 1 fully saturated rings. The van der Waals surface area contributed by atoms with E-state index in [1.165, 1.54) is 12.3 Å². The predicted octanol–water partition coefficient (Wildman–Crippen LogP) is 3.58. The van der Waals surface area contributed by atoms with E-state index in [1.807, 2.05) is 18.2 Å². The summed E-state index contributed by atoms with van der Waals surface area (Å²) < 4.78 is 25.2. The van der Waals surface area contributed by atoms with Crippen molar-refractivity contribution in [2.24, 2.45) is 5.73 Å². The molecule has 0 spiro atoms. The summed E-state index contributed by atoms with van der Waals surface area (Å²) in [6.07, 6.45) is 1.44. The van der Waals surface area contributed by atoms with E-state index in [-0.39, 0.29) is 24.0 Å². The van der Waals surface area contributed by atoms with Crippen molar-refractivity contribution in [3.8, 4) is 0 Å². The number of pyridine rings is 1. The van der Waals surface area contributed by atoms with Gasteiger partial charge in [-0.3, -0.25) is 4.79 Å². The Labute approximate surface area is 196 Å². The molecule has 0 aliphatic carbocycles. The van der Waals surface area contributed by atoms with Crippen molar-refractivity contribution in [2.75, 3.05) is 48.4 Å². The number of aromatic nitrogens is 1. The van der Waals surface area contributed by atoms with Gasteiger partial charge in [0.1, 0.15) is 11.6 Å². The Morgan fingerprint density at radius 1 is 1.12 bits per heavy atom. The fourth-order valence-electron chi connectivity index (χ4n) is 4.29. The molecule has 0 bridgehead atoms. The van der Waals surface area contributed by atoms with E-state index in [1.54, 1.807) is 12.1 Å². The third-order valence-electron chi connectivity index (χ3n) is 6.08. The second kappa shape index (κ2) is 9.66. The van der Waals surface area contributed by atoms with Crippen LogP contribution in [0.4, 0.5) is 27.3 Å². The number of halogens is 1. The maximum Gasteiger partial charge on any atom is 0.252 e. The summed E-state index contributed by atoms with van der Waals surface area (Å²) in [4.78, 5) is 18.7. The molecule has 2 aliphatic heterocycles. The largest absolute Gasteiger partial charge is 0.378 e. The molecule has 2 aliphatic rings. The Balaban J connectivity index is 1.36. The van der Waals surface area contributed by atoms with E-state index < -0.39 is 5.91 Å². The second-order valence-corrected chi connectivity index (χ2v) is 8.27. The molecule has 0 radical (unpaired) electrons. The van der Waals surface area contributed by atoms with Gasteiger partial charge in [0, 0.05) is 42.3 Å². The highest BCUT2D eigenvalue weighted by molar-refractivity contribution is 5.98. The van der Waals surface area contributed by atoms with Gasteiger partial charge in [0.25, 0.3) is 5.91 Å². The van der Waals surface area contributed by atoms with E-state index in [0.29, 0.717) is 23.7 Å². The zero-order valence-corrected chi connectivity index (χ0v) is 18.6. The molecule has 9 heteroatoms. The topological polar surface area (TPSA) is 102 Å². The molecule has 4 N–H and O–H groups in total. The Morgan fingerprint density at radius 3 is 2.68 bits per heavy atom. The van der Waals surface area contributed by atoms with E-state index in [4.69, 9.17) is 15.2 Å². The number of nitrogens with zero attached hydrogens (tertiary/aromatic N) is 2. The summed E-state index contributed by atoms with van der Waals surface area (Å²) in [5, 5.41) is 6.57. The average Bonchev–Trinajstić information content (AvgIpc) is 2.86. The summed E-state index contributed by atoms with van der Waals surface area (Å²) in [7, 11) is 0. The van der Waals surface area contributed by atoms with Crippen LogP contribution in [0, 0.1) is 5.82 Å². The molecule has 1 atom stereocenters. The van der Waals surface area contributed by atoms with Crippen molar-refractivity contribution in [2.45, 2.75) is 12.6 Å². The minimum atomic E-state index is -0.604. The highest BCUT2D eigenvalue weighted by Crippen LogP contribution is 2.32. The van der Waals surface area contributed by atoms with Gasteiger partial charge in [0.15, 0.2) is 0 Å². The van der Waals surface area contributed by atoms with E-state index >= 15 is 0 Å². The Morgan fingerprint density at radius 2 is 1.91 bits per heavy atom. The molecule has 3 aromatic rings. The number of hydrogen-bond acceptors (Lipinski definition) is 7. The minimum Gasteiger partial charge on any atom is -0.378 e. The Kier molecular flexibility index (Phi) is 6.29. The van der Waals surface area contributed by atoms with Crippen LogP contribution < -0.4 is 21.3 Å². The number of carbonyl (C=O) groups is 1. The molecule has 34 heavy (non-hydrogen) atoms. The number of carbonyl (C=O) groups excluding carboxylic acids is 1. The SMILES string of the molecule is NC(=O)c1cnc(Nc2ccc(N3CCOCC3)cc2)cc1NC1COCc2c(F)cccc21. The first kappa shape index (κ1) is 22.1. The van der Waals surface area contributed by atoms with Gasteiger partial charge in [0.2, 0.25) is 0 Å². The van der Waals surface area contributed by atoms with Gasteiger partial charge < -0.3 is 30.7 Å². The zero-order valence-electron chi connectivity index (χ0n) is 18.6. The molecule has 5 rings (SSSR count). The molecule has 176 valence electrons. The van der Waals surface area contributed by atoms with Crippen LogP contribution in [0.15, 0.2) is 54.7 Å². The van der Waals surface area contributed by atoms with Gasteiger partial charge >= 0.3 is 0 Å². The van der Waals surface area contributed by atoms with E-state index in [9.17, 15) is 9.18 Å². The fraction of sp³-hybridized carbons (Fsp3) is 0.280. The lowest BCUT2D eigenvalue weighted by atomic mass is 9.98. The number of morpholine rings is 1. The lowest BCUT2D eigenvalue weighted by molar-refractivity contribution is 0.0938. The molecule has 0 saturated carbocycles. The molecule has 1 unspecified atom stereocenters. The van der Waals surface area contributed by atoms with Crippen LogP contribution in [0.1, 0.15) is 27.5 Å². The summed E-state index contributed by atoms with van der Waals surface area (Å²) >= 11 is 0. The summed E-state index contributed by atoms with van der Waals surface area (Å²) in [6, 6.07) is 14.4. The van der Waals surface area contributed by atoms with Crippen LogP contribution in [0.5, 0.6) is 0 Å². The molecule has 1 amide bonds. The third-order valence-corrected chi connectivity index (χ3v) is 6.08. The number of hydrogen-bond donors (Lipinski definition) is 3. The number of benzene rings is 2. The molecular weight excluding hydrogens is 437 g/mol. The molecule has 8 nitrogen and oxygen atoms in total. The van der Waals surface area contributed by atoms with Crippen LogP contribution in [-0.4, -0.2) is 43.8 Å². The van der Waals surface area contributed by atoms with Gasteiger partial charge in [-0.2, -0.15) is 0 Å². The quantitative estimate of drug-likeness (QED) is 0.514. The summed E-state index contributed by atoms with van der Waals surface area (Å²) in [5.74, 6) is -0.368. The molecule has 3 heterocycles. The molecule has 1 saturated heterocycles. The number of fused-ring (bicyclic) bond motifs is 1. The number of anilines is 4. The lowest BCUT2D eigenvalue weighted by Crippen LogP contribution is -2.36. The Hall–Kier alpha value is -3.69. The smallest absolute Gasteiger partial charge is 0.252 e. The van der Waals surface area contributed by atoms with Gasteiger partial charge in [0.05, 0.1) is 43.7 Å². The van der Waals surface area contributed by atoms with E-state index in [0.717, 1.165) is 43.2 Å². The average molecular weight is 464 g/mol. The standard InChI is InChI=1S/C25H26FN5O3/c26-21-3-1-2-18-20(21)14-34-15-23(18)30-22-12-24(28-13-19(22)25(27)32)29-16-4-6-17(7-5-16)31-8-10-33-11-9-31/h1-7,12-13,23H,8-11,14-15H2,(H2,27,32)(H2,28,29,30). The van der Waals surface area contributed by atoms with Crippen molar-refractivity contribution in [3.63, 3.8) is 0 Å². The van der Waals surface area contributed by atoms with Gasteiger partial charge in [-0.05, 0) is 35.9 Å². The molecular formula is C25H26FN5O3. The first-order chi connectivity index (χ1) is 16.6. The van der Waals surface area contributed by atoms with Crippen LogP contribution in [0.2, 0.25) is 0 Å². The Bertz CT molecular complexity index is 1180. The maximum absolute atomic E-state index is 14.2. The van der Waals surface area contributed by atoms with Crippen LogP contribution in [-0.2, 0) is 16.1 Å². The zero-order chi connectivity index (χ0) is 23.5. The van der Waals surface area contributed by atoms with Gasteiger partial charge in [-0.1, -0.05) is 12.1 Å². The van der Waals surface area contributed by atoms with Crippen molar-refractivity contribution in [1.29, 1.82) is 0 Å². The first-order valence-corrected chi connectivity index (χ1v) is 11.2.